The first kappa shape index (κ1) is 22.9. The summed E-state index contributed by atoms with van der Waals surface area (Å²) >= 11 is 0. The van der Waals surface area contributed by atoms with Crippen molar-refractivity contribution >= 4 is 16.0 Å². The van der Waals surface area contributed by atoms with E-state index in [9.17, 15) is 13.5 Å². The summed E-state index contributed by atoms with van der Waals surface area (Å²) in [5.41, 5.74) is -0.319. The number of hydrogen-bond acceptors (Lipinski definition) is 5. The zero-order chi connectivity index (χ0) is 21.7. The molecule has 0 spiro atoms. The number of aryl methyl sites for hydroxylation is 1. The third-order valence-corrected chi connectivity index (χ3v) is 6.17. The van der Waals surface area contributed by atoms with Gasteiger partial charge >= 0.3 is 0 Å². The average Bonchev–Trinajstić information content (AvgIpc) is 3.11. The summed E-state index contributed by atoms with van der Waals surface area (Å²) in [6, 6.07) is 10.2. The number of hydrogen-bond donors (Lipinski definition) is 3. The highest BCUT2D eigenvalue weighted by molar-refractivity contribution is 7.89. The number of aliphatic imine (C=N–C) groups is 1. The Balaban J connectivity index is 2.05. The highest BCUT2D eigenvalue weighted by atomic mass is 32.2. The van der Waals surface area contributed by atoms with Gasteiger partial charge in [0.1, 0.15) is 17.1 Å². The third-order valence-electron chi connectivity index (χ3n) is 4.34. The van der Waals surface area contributed by atoms with Crippen LogP contribution in [0.5, 0.6) is 0 Å². The van der Waals surface area contributed by atoms with Crippen molar-refractivity contribution in [1.29, 1.82) is 0 Å². The van der Waals surface area contributed by atoms with Gasteiger partial charge in [0.2, 0.25) is 10.0 Å². The van der Waals surface area contributed by atoms with Crippen LogP contribution >= 0.6 is 0 Å². The molecule has 1 heterocycles. The van der Waals surface area contributed by atoms with Gasteiger partial charge in [-0.05, 0) is 50.6 Å². The largest absolute Gasteiger partial charge is 0.463 e. The van der Waals surface area contributed by atoms with Crippen molar-refractivity contribution < 1.29 is 17.9 Å². The molecule has 2 rings (SSSR count). The third kappa shape index (κ3) is 6.06. The summed E-state index contributed by atoms with van der Waals surface area (Å²) in [6.45, 7) is 6.69. The van der Waals surface area contributed by atoms with Crippen LogP contribution in [0.2, 0.25) is 0 Å². The predicted octanol–water partition coefficient (Wildman–Crippen LogP) is 1.80. The first-order valence-electron chi connectivity index (χ1n) is 9.39. The molecule has 0 saturated carbocycles. The fourth-order valence-corrected chi connectivity index (χ4v) is 3.46. The molecule has 0 fully saturated rings. The molecular formula is C20H30N4O4S. The van der Waals surface area contributed by atoms with Crippen molar-refractivity contribution in [2.24, 2.45) is 4.99 Å². The Hall–Kier alpha value is -2.36. The van der Waals surface area contributed by atoms with E-state index in [0.29, 0.717) is 24.8 Å². The van der Waals surface area contributed by atoms with Gasteiger partial charge < -0.3 is 20.2 Å². The second-order valence-corrected chi connectivity index (χ2v) is 9.32. The van der Waals surface area contributed by atoms with Gasteiger partial charge in [0.05, 0.1) is 18.0 Å². The fourth-order valence-electron chi connectivity index (χ4n) is 2.56. The molecule has 0 radical (unpaired) electrons. The van der Waals surface area contributed by atoms with Crippen molar-refractivity contribution in [2.45, 2.75) is 37.8 Å². The summed E-state index contributed by atoms with van der Waals surface area (Å²) in [7, 11) is -0.445. The molecule has 1 aromatic carbocycles. The smallest absolute Gasteiger partial charge is 0.242 e. The number of sulfonamides is 1. The van der Waals surface area contributed by atoms with E-state index < -0.39 is 15.6 Å². The average molecular weight is 423 g/mol. The molecule has 0 aliphatic heterocycles. The number of rotatable bonds is 8. The molecule has 0 aliphatic carbocycles. The zero-order valence-electron chi connectivity index (χ0n) is 17.6. The molecule has 0 amide bonds. The van der Waals surface area contributed by atoms with E-state index >= 15 is 0 Å². The predicted molar refractivity (Wildman–Crippen MR) is 113 cm³/mol. The van der Waals surface area contributed by atoms with E-state index in [0.717, 1.165) is 11.3 Å². The molecule has 2 aromatic rings. The standard InChI is InChI=1S/C20H30N4O4S/c1-6-21-19(23-14-20(3,25)18-12-7-15(2)28-18)22-13-16-8-10-17(11-9-16)29(26,27)24(4)5/h7-12,25H,6,13-14H2,1-5H3,(H2,21,22,23). The highest BCUT2D eigenvalue weighted by Gasteiger charge is 2.27. The maximum Gasteiger partial charge on any atom is 0.242 e. The van der Waals surface area contributed by atoms with E-state index in [1.165, 1.54) is 18.4 Å². The zero-order valence-corrected chi connectivity index (χ0v) is 18.4. The van der Waals surface area contributed by atoms with E-state index in [-0.39, 0.29) is 11.4 Å². The van der Waals surface area contributed by atoms with Crippen LogP contribution in [-0.4, -0.2) is 51.0 Å². The number of furan rings is 1. The molecule has 8 nitrogen and oxygen atoms in total. The second-order valence-electron chi connectivity index (χ2n) is 7.16. The van der Waals surface area contributed by atoms with Crippen LogP contribution in [0.4, 0.5) is 0 Å². The maximum atomic E-state index is 12.1. The minimum absolute atomic E-state index is 0.214. The summed E-state index contributed by atoms with van der Waals surface area (Å²) in [6.07, 6.45) is 0. The van der Waals surface area contributed by atoms with Crippen LogP contribution in [0.15, 0.2) is 50.7 Å². The SMILES string of the molecule is CCNC(=NCc1ccc(S(=O)(=O)N(C)C)cc1)NCC(C)(O)c1ccc(C)o1. The Labute approximate surface area is 172 Å². The summed E-state index contributed by atoms with van der Waals surface area (Å²) in [5.74, 6) is 1.76. The number of benzene rings is 1. The molecule has 0 aliphatic rings. The van der Waals surface area contributed by atoms with E-state index in [1.807, 2.05) is 19.9 Å². The normalized spacial score (nSPS) is 14.7. The summed E-state index contributed by atoms with van der Waals surface area (Å²) in [5, 5.41) is 16.9. The summed E-state index contributed by atoms with van der Waals surface area (Å²) < 4.78 is 31.0. The van der Waals surface area contributed by atoms with Gasteiger partial charge in [-0.2, -0.15) is 0 Å². The molecule has 0 bridgehead atoms. The van der Waals surface area contributed by atoms with Crippen molar-refractivity contribution in [1.82, 2.24) is 14.9 Å². The van der Waals surface area contributed by atoms with Crippen molar-refractivity contribution in [2.75, 3.05) is 27.2 Å². The molecule has 1 aromatic heterocycles. The monoisotopic (exact) mass is 422 g/mol. The van der Waals surface area contributed by atoms with Gasteiger partial charge in [0.25, 0.3) is 0 Å². The molecule has 29 heavy (non-hydrogen) atoms. The van der Waals surface area contributed by atoms with Gasteiger partial charge in [-0.15, -0.1) is 0 Å². The number of aliphatic hydroxyl groups is 1. The Bertz CT molecular complexity index is 932. The Kier molecular flexibility index (Phi) is 7.45. The van der Waals surface area contributed by atoms with Gasteiger partial charge in [0, 0.05) is 20.6 Å². The van der Waals surface area contributed by atoms with Crippen LogP contribution in [-0.2, 0) is 22.2 Å². The van der Waals surface area contributed by atoms with E-state index in [2.05, 4.69) is 15.6 Å². The quantitative estimate of drug-likeness (QED) is 0.442. The minimum Gasteiger partial charge on any atom is -0.463 e. The van der Waals surface area contributed by atoms with Crippen molar-refractivity contribution in [3.8, 4) is 0 Å². The van der Waals surface area contributed by atoms with Crippen molar-refractivity contribution in [3.05, 3.63) is 53.5 Å². The van der Waals surface area contributed by atoms with Crippen molar-refractivity contribution in [3.63, 3.8) is 0 Å². The molecule has 9 heteroatoms. The molecule has 1 atom stereocenters. The van der Waals surface area contributed by atoms with Crippen LogP contribution < -0.4 is 10.6 Å². The molecular weight excluding hydrogens is 392 g/mol. The fraction of sp³-hybridized carbons (Fsp3) is 0.450. The van der Waals surface area contributed by atoms with Crippen LogP contribution in [0.3, 0.4) is 0 Å². The van der Waals surface area contributed by atoms with Gasteiger partial charge in [-0.1, -0.05) is 12.1 Å². The van der Waals surface area contributed by atoms with E-state index in [4.69, 9.17) is 4.42 Å². The first-order chi connectivity index (χ1) is 13.6. The first-order valence-corrected chi connectivity index (χ1v) is 10.8. The topological polar surface area (TPSA) is 107 Å². The maximum absolute atomic E-state index is 12.1. The lowest BCUT2D eigenvalue weighted by atomic mass is 10.0. The number of nitrogens with one attached hydrogen (secondary N) is 2. The van der Waals surface area contributed by atoms with Crippen LogP contribution in [0, 0.1) is 6.92 Å². The van der Waals surface area contributed by atoms with Crippen LogP contribution in [0.25, 0.3) is 0 Å². The minimum atomic E-state index is -3.45. The lowest BCUT2D eigenvalue weighted by molar-refractivity contribution is 0.0378. The molecule has 1 unspecified atom stereocenters. The summed E-state index contributed by atoms with van der Waals surface area (Å²) in [4.78, 5) is 4.75. The highest BCUT2D eigenvalue weighted by Crippen LogP contribution is 2.22. The van der Waals surface area contributed by atoms with Crippen LogP contribution in [0.1, 0.15) is 30.9 Å². The molecule has 160 valence electrons. The second kappa shape index (κ2) is 9.43. The van der Waals surface area contributed by atoms with Gasteiger partial charge in [-0.3, -0.25) is 0 Å². The Morgan fingerprint density at radius 1 is 1.17 bits per heavy atom. The van der Waals surface area contributed by atoms with E-state index in [1.54, 1.807) is 37.3 Å². The number of nitrogens with zero attached hydrogens (tertiary/aromatic N) is 2. The number of guanidine groups is 1. The van der Waals surface area contributed by atoms with Gasteiger partial charge in [-0.25, -0.2) is 17.7 Å². The molecule has 0 saturated heterocycles. The lowest BCUT2D eigenvalue weighted by Crippen LogP contribution is -2.44. The Morgan fingerprint density at radius 3 is 2.34 bits per heavy atom. The Morgan fingerprint density at radius 2 is 1.83 bits per heavy atom. The molecule has 3 N–H and O–H groups in total. The lowest BCUT2D eigenvalue weighted by Gasteiger charge is -2.22. The van der Waals surface area contributed by atoms with Gasteiger partial charge in [0.15, 0.2) is 5.96 Å².